The summed E-state index contributed by atoms with van der Waals surface area (Å²) in [6.45, 7) is 4.23. The first-order valence-corrected chi connectivity index (χ1v) is 25.1. The van der Waals surface area contributed by atoms with Gasteiger partial charge in [-0.15, -0.1) is 11.3 Å². The number of alkyl halides is 3. The molecule has 0 radical (unpaired) electrons. The first-order valence-electron chi connectivity index (χ1n) is 24.3. The van der Waals surface area contributed by atoms with E-state index in [1.807, 2.05) is 29.6 Å². The molecule has 4 amide bonds. The summed E-state index contributed by atoms with van der Waals surface area (Å²) in [6, 6.07) is 39.0. The summed E-state index contributed by atoms with van der Waals surface area (Å²) < 4.78 is 52.5. The molecule has 4 atom stereocenters. The first kappa shape index (κ1) is 56.6. The van der Waals surface area contributed by atoms with E-state index in [9.17, 15) is 56.6 Å². The number of nitrogens with zero attached hydrogens (tertiary/aromatic N) is 4. The van der Waals surface area contributed by atoms with Crippen LogP contribution in [0, 0.1) is 0 Å². The van der Waals surface area contributed by atoms with Crippen LogP contribution in [0.15, 0.2) is 139 Å². The molecule has 5 aromatic rings. The van der Waals surface area contributed by atoms with Crippen molar-refractivity contribution in [2.45, 2.75) is 81.4 Å². The monoisotopic (exact) mass is 1050 g/mol. The minimum Gasteiger partial charge on any atom is -0.478 e. The van der Waals surface area contributed by atoms with E-state index in [4.69, 9.17) is 9.84 Å². The van der Waals surface area contributed by atoms with Gasteiger partial charge in [0.05, 0.1) is 13.2 Å². The van der Waals surface area contributed by atoms with Gasteiger partial charge in [0.1, 0.15) is 0 Å². The molecule has 75 heavy (non-hydrogen) atoms. The molecular formula is C55H57F3N4O12S. The van der Waals surface area contributed by atoms with Gasteiger partial charge in [-0.25, -0.2) is 27.6 Å². The summed E-state index contributed by atoms with van der Waals surface area (Å²) in [5, 5.41) is 20.8. The first-order chi connectivity index (χ1) is 35.8. The van der Waals surface area contributed by atoms with Crippen LogP contribution < -0.4 is 19.6 Å². The van der Waals surface area contributed by atoms with Crippen LogP contribution in [0.4, 0.5) is 35.9 Å². The highest BCUT2D eigenvalue weighted by Gasteiger charge is 2.57. The SMILES string of the molecule is CCOC(=O)[C@@]1(F)CCN(c2ccccc2)C1=O.CCOC(=O)[C@]1(O)CCN(c2ccccc2)C1=O.O=C(CCCc1cccs1)[C@@]1(F)CCN(c2ccccc2)C1=O.O=C(O)[C@@]1(F)CCN(c2ccccc2)C1=O. The Morgan fingerprint density at radius 1 is 0.520 bits per heavy atom. The number of carboxylic acids is 1. The molecule has 2 N–H and O–H groups in total. The highest BCUT2D eigenvalue weighted by atomic mass is 32.1. The van der Waals surface area contributed by atoms with E-state index in [2.05, 4.69) is 4.74 Å². The predicted molar refractivity (Wildman–Crippen MR) is 273 cm³/mol. The standard InChI is InChI=1S/C18H18FNO2S.C13H14FNO3.C13H15NO4.C11H10FNO3/c19-18(16(21)10-4-8-15-9-5-13-23-15)11-12-20(17(18)22)14-6-2-1-3-7-14;1-2-18-12(17)13(14)8-9-15(11(13)16)10-6-4-3-5-7-10;1-2-18-12(16)13(17)8-9-14(11(13)15)10-6-4-3-5-7-10;12-11(10(15)16)6-7-13(9(11)14)8-4-2-1-3-5-8/h1-3,5-7,9,13H,4,8,10-12H2;3-7H,2,8-9H2,1H3;3-7,17H,2,8-9H2,1H3;1-5H,6-7H2,(H,15,16)/t18-;2*13-;11-/m0101/s1. The van der Waals surface area contributed by atoms with Gasteiger partial charge < -0.3 is 39.3 Å². The summed E-state index contributed by atoms with van der Waals surface area (Å²) >= 11 is 1.62. The van der Waals surface area contributed by atoms with Crippen LogP contribution in [0.3, 0.4) is 0 Å². The summed E-state index contributed by atoms with van der Waals surface area (Å²) in [5.41, 5.74) is -7.27. The number of hydrogen-bond donors (Lipinski definition) is 2. The van der Waals surface area contributed by atoms with Gasteiger partial charge in [0.2, 0.25) is 11.3 Å². The maximum Gasteiger partial charge on any atom is 0.353 e. The van der Waals surface area contributed by atoms with Gasteiger partial charge in [0.25, 0.3) is 35.0 Å². The average Bonchev–Trinajstić information content (AvgIpc) is 4.26. The van der Waals surface area contributed by atoms with Crippen molar-refractivity contribution >= 4 is 81.4 Å². The number of carboxylic acid groups (broad SMARTS) is 1. The second-order valence-electron chi connectivity index (χ2n) is 17.5. The van der Waals surface area contributed by atoms with Gasteiger partial charge in [-0.2, -0.15) is 0 Å². The molecule has 4 saturated heterocycles. The molecule has 5 heterocycles. The lowest BCUT2D eigenvalue weighted by atomic mass is 9.94. The second kappa shape index (κ2) is 25.0. The van der Waals surface area contributed by atoms with Gasteiger partial charge in [0.15, 0.2) is 5.78 Å². The highest BCUT2D eigenvalue weighted by Crippen LogP contribution is 2.35. The summed E-state index contributed by atoms with van der Waals surface area (Å²) in [5.74, 6) is -7.43. The van der Waals surface area contributed by atoms with Crippen LogP contribution in [-0.2, 0) is 54.3 Å². The van der Waals surface area contributed by atoms with Crippen molar-refractivity contribution in [3.63, 3.8) is 0 Å². The molecule has 9 rings (SSSR count). The van der Waals surface area contributed by atoms with Crippen molar-refractivity contribution < 1.29 is 71.2 Å². The van der Waals surface area contributed by atoms with Crippen LogP contribution in [0.25, 0.3) is 0 Å². The third-order valence-electron chi connectivity index (χ3n) is 12.8. The Morgan fingerprint density at radius 3 is 1.29 bits per heavy atom. The number of aliphatic hydroxyl groups is 1. The number of carbonyl (C=O) groups excluding carboxylic acids is 7. The number of aliphatic carboxylic acids is 1. The summed E-state index contributed by atoms with van der Waals surface area (Å²) in [6.07, 6.45) is 0.941. The number of halogens is 3. The zero-order valence-electron chi connectivity index (χ0n) is 41.3. The van der Waals surface area contributed by atoms with Crippen molar-refractivity contribution in [3.05, 3.63) is 144 Å². The summed E-state index contributed by atoms with van der Waals surface area (Å²) in [4.78, 5) is 101. The van der Waals surface area contributed by atoms with Crippen LogP contribution in [0.1, 0.15) is 57.2 Å². The molecule has 4 aliphatic rings. The van der Waals surface area contributed by atoms with E-state index in [0.717, 1.165) is 11.3 Å². The molecule has 0 aliphatic carbocycles. The quantitative estimate of drug-likeness (QED) is 0.0823. The number of anilines is 4. The largest absolute Gasteiger partial charge is 0.478 e. The second-order valence-corrected chi connectivity index (χ2v) is 18.6. The van der Waals surface area contributed by atoms with E-state index < -0.39 is 69.9 Å². The number of esters is 2. The fourth-order valence-electron chi connectivity index (χ4n) is 8.60. The average molecular weight is 1060 g/mol. The van der Waals surface area contributed by atoms with Crippen molar-refractivity contribution in [2.24, 2.45) is 0 Å². The normalized spacial score (nSPS) is 22.9. The third kappa shape index (κ3) is 12.6. The number of para-hydroxylation sites is 4. The summed E-state index contributed by atoms with van der Waals surface area (Å²) in [7, 11) is 0. The van der Waals surface area contributed by atoms with E-state index in [-0.39, 0.29) is 65.0 Å². The minimum atomic E-state index is -2.77. The van der Waals surface area contributed by atoms with Crippen molar-refractivity contribution in [3.8, 4) is 0 Å². The van der Waals surface area contributed by atoms with E-state index in [1.165, 1.54) is 19.6 Å². The van der Waals surface area contributed by atoms with Gasteiger partial charge >= 0.3 is 17.9 Å². The number of amides is 4. The van der Waals surface area contributed by atoms with Crippen LogP contribution in [0.2, 0.25) is 0 Å². The Hall–Kier alpha value is -7.71. The maximum absolute atomic E-state index is 15.0. The van der Waals surface area contributed by atoms with Crippen LogP contribution in [0.5, 0.6) is 0 Å². The molecule has 4 aromatic carbocycles. The number of rotatable bonds is 14. The van der Waals surface area contributed by atoms with Crippen molar-refractivity contribution in [1.29, 1.82) is 0 Å². The molecule has 396 valence electrons. The fraction of sp³-hybridized carbons (Fsp3) is 0.345. The van der Waals surface area contributed by atoms with E-state index >= 15 is 0 Å². The zero-order chi connectivity index (χ0) is 54.4. The third-order valence-corrected chi connectivity index (χ3v) is 13.7. The van der Waals surface area contributed by atoms with E-state index in [1.54, 1.807) is 134 Å². The lowest BCUT2D eigenvalue weighted by molar-refractivity contribution is -0.168. The Kier molecular flexibility index (Phi) is 18.9. The zero-order valence-corrected chi connectivity index (χ0v) is 42.1. The molecule has 20 heteroatoms. The number of ether oxygens (including phenoxy) is 2. The molecule has 0 spiro atoms. The number of ketones is 1. The number of aryl methyl sites for hydroxylation is 1. The lowest BCUT2D eigenvalue weighted by Crippen LogP contribution is -2.47. The van der Waals surface area contributed by atoms with Gasteiger partial charge in [-0.05, 0) is 86.7 Å². The molecular weight excluding hydrogens is 998 g/mol. The van der Waals surface area contributed by atoms with Gasteiger partial charge in [0, 0.05) is 85.9 Å². The minimum absolute atomic E-state index is 0.0551. The van der Waals surface area contributed by atoms with Crippen LogP contribution in [-0.4, -0.2) is 120 Å². The van der Waals surface area contributed by atoms with E-state index in [0.29, 0.717) is 35.7 Å². The molecule has 4 aliphatic heterocycles. The highest BCUT2D eigenvalue weighted by molar-refractivity contribution is 7.09. The number of carbonyl (C=O) groups is 8. The topological polar surface area (TPSA) is 208 Å². The fourth-order valence-corrected chi connectivity index (χ4v) is 9.35. The number of thiophene rings is 1. The molecule has 16 nitrogen and oxygen atoms in total. The molecule has 1 aromatic heterocycles. The predicted octanol–water partition coefficient (Wildman–Crippen LogP) is 7.41. The number of benzene rings is 4. The lowest BCUT2D eigenvalue weighted by Gasteiger charge is -2.20. The van der Waals surface area contributed by atoms with Crippen molar-refractivity contribution in [2.75, 3.05) is 59.0 Å². The molecule has 0 unspecified atom stereocenters. The van der Waals surface area contributed by atoms with Gasteiger partial charge in [-0.1, -0.05) is 78.9 Å². The van der Waals surface area contributed by atoms with Gasteiger partial charge in [-0.3, -0.25) is 24.0 Å². The maximum atomic E-state index is 15.0. The molecule has 4 fully saturated rings. The Balaban J connectivity index is 0.000000164. The molecule has 0 bridgehead atoms. The molecule has 0 saturated carbocycles. The Morgan fingerprint density at radius 2 is 0.893 bits per heavy atom. The van der Waals surface area contributed by atoms with Crippen LogP contribution >= 0.6 is 11.3 Å². The Bertz CT molecular complexity index is 2710. The number of hydrogen-bond acceptors (Lipinski definition) is 12. The van der Waals surface area contributed by atoms with Crippen molar-refractivity contribution in [1.82, 2.24) is 0 Å². The number of Topliss-reactive ketones (excluding diaryl/α,β-unsaturated/α-hetero) is 1. The smallest absolute Gasteiger partial charge is 0.353 e. The Labute approximate surface area is 435 Å².